The number of aromatic amines is 1. The number of aromatic nitrogens is 2. The van der Waals surface area contributed by atoms with Crippen molar-refractivity contribution < 1.29 is 13.6 Å². The van der Waals surface area contributed by atoms with Gasteiger partial charge in [0.15, 0.2) is 0 Å². The number of nitrogens with zero attached hydrogens (tertiary/aromatic N) is 1. The quantitative estimate of drug-likeness (QED) is 0.328. The second-order valence-electron chi connectivity index (χ2n) is 6.80. The molecule has 0 atom stereocenters. The number of nitrogens with two attached hydrogens (primary N) is 1. The van der Waals surface area contributed by atoms with Gasteiger partial charge in [-0.1, -0.05) is 23.7 Å². The first-order valence-corrected chi connectivity index (χ1v) is 10.1. The molecule has 2 aromatic carbocycles. The van der Waals surface area contributed by atoms with Crippen molar-refractivity contribution in [3.8, 4) is 11.1 Å². The van der Waals surface area contributed by atoms with Crippen molar-refractivity contribution in [1.29, 1.82) is 0 Å². The van der Waals surface area contributed by atoms with Crippen molar-refractivity contribution in [3.05, 3.63) is 75.2 Å². The minimum Gasteiger partial charge on any atom is -0.331 e. The van der Waals surface area contributed by atoms with Gasteiger partial charge in [-0.3, -0.25) is 10.1 Å². The molecule has 0 unspecified atom stereocenters. The SMILES string of the molecule is NCCCNCc1ccc(-c2c[nH]c(NC(=O)Nc3ccc(Cl)cc3F)nc2=O)cc1F. The van der Waals surface area contributed by atoms with Gasteiger partial charge >= 0.3 is 6.03 Å². The van der Waals surface area contributed by atoms with Gasteiger partial charge < -0.3 is 21.4 Å². The Morgan fingerprint density at radius 3 is 2.62 bits per heavy atom. The highest BCUT2D eigenvalue weighted by atomic mass is 35.5. The Kier molecular flexibility index (Phi) is 7.87. The normalized spacial score (nSPS) is 10.8. The number of halogens is 3. The Hall–Kier alpha value is -3.34. The number of urea groups is 1. The van der Waals surface area contributed by atoms with Crippen molar-refractivity contribution in [3.63, 3.8) is 0 Å². The van der Waals surface area contributed by atoms with E-state index < -0.39 is 23.2 Å². The fourth-order valence-corrected chi connectivity index (χ4v) is 2.99. The van der Waals surface area contributed by atoms with Gasteiger partial charge in [-0.05, 0) is 49.3 Å². The van der Waals surface area contributed by atoms with Gasteiger partial charge in [-0.25, -0.2) is 13.6 Å². The molecule has 0 saturated heterocycles. The zero-order chi connectivity index (χ0) is 23.1. The number of carbonyl (C=O) groups is 1. The molecule has 0 aliphatic rings. The monoisotopic (exact) mass is 462 g/mol. The second-order valence-corrected chi connectivity index (χ2v) is 7.23. The fourth-order valence-electron chi connectivity index (χ4n) is 2.83. The average Bonchev–Trinajstić information content (AvgIpc) is 2.74. The first-order valence-electron chi connectivity index (χ1n) is 9.69. The molecule has 0 aliphatic carbocycles. The largest absolute Gasteiger partial charge is 0.331 e. The Morgan fingerprint density at radius 1 is 1.12 bits per heavy atom. The van der Waals surface area contributed by atoms with E-state index in [4.69, 9.17) is 17.3 Å². The van der Waals surface area contributed by atoms with E-state index in [1.54, 1.807) is 12.1 Å². The standard InChI is InChI=1S/C21H21ClF2N6O2/c22-14-4-5-18(17(24)9-14)28-21(32)30-20-27-11-15(19(31)29-20)12-2-3-13(16(23)8-12)10-26-7-1-6-25/h2-5,8-9,11,26H,1,6-7,10,25H2,(H3,27,28,29,30,31,32). The maximum Gasteiger partial charge on any atom is 0.326 e. The summed E-state index contributed by atoms with van der Waals surface area (Å²) in [7, 11) is 0. The van der Waals surface area contributed by atoms with Gasteiger partial charge in [-0.2, -0.15) is 4.98 Å². The molecule has 0 bridgehead atoms. The van der Waals surface area contributed by atoms with Crippen LogP contribution in [0.5, 0.6) is 0 Å². The molecule has 2 amide bonds. The van der Waals surface area contributed by atoms with Crippen LogP contribution in [0.4, 0.5) is 25.2 Å². The molecule has 168 valence electrons. The number of amides is 2. The van der Waals surface area contributed by atoms with Crippen LogP contribution < -0.4 is 27.2 Å². The highest BCUT2D eigenvalue weighted by molar-refractivity contribution is 6.30. The molecule has 0 radical (unpaired) electrons. The number of carbonyl (C=O) groups excluding carboxylic acids is 1. The molecular formula is C21H21ClF2N6O2. The van der Waals surface area contributed by atoms with E-state index in [-0.39, 0.29) is 22.2 Å². The topological polar surface area (TPSA) is 125 Å². The van der Waals surface area contributed by atoms with Crippen molar-refractivity contribution in [2.75, 3.05) is 23.7 Å². The smallest absolute Gasteiger partial charge is 0.326 e. The van der Waals surface area contributed by atoms with Crippen LogP contribution in [0, 0.1) is 11.6 Å². The van der Waals surface area contributed by atoms with Crippen LogP contribution in [-0.2, 0) is 6.54 Å². The molecule has 1 heterocycles. The number of anilines is 2. The summed E-state index contributed by atoms with van der Waals surface area (Å²) in [5, 5.41) is 7.85. The van der Waals surface area contributed by atoms with E-state index in [1.807, 2.05) is 0 Å². The summed E-state index contributed by atoms with van der Waals surface area (Å²) < 4.78 is 28.2. The Labute approximate surface area is 187 Å². The number of H-pyrrole nitrogens is 1. The van der Waals surface area contributed by atoms with E-state index in [1.165, 1.54) is 24.4 Å². The lowest BCUT2D eigenvalue weighted by Crippen LogP contribution is -2.23. The van der Waals surface area contributed by atoms with Crippen LogP contribution in [0.1, 0.15) is 12.0 Å². The summed E-state index contributed by atoms with van der Waals surface area (Å²) in [4.78, 5) is 30.8. The predicted octanol–water partition coefficient (Wildman–Crippen LogP) is 3.45. The molecule has 0 spiro atoms. The third-order valence-corrected chi connectivity index (χ3v) is 4.68. The highest BCUT2D eigenvalue weighted by Crippen LogP contribution is 2.20. The molecule has 6 N–H and O–H groups in total. The molecule has 0 fully saturated rings. The number of benzene rings is 2. The summed E-state index contributed by atoms with van der Waals surface area (Å²) in [5.41, 5.74) is 5.56. The third kappa shape index (κ3) is 6.10. The van der Waals surface area contributed by atoms with Gasteiger partial charge in [0.25, 0.3) is 5.56 Å². The number of hydrogen-bond donors (Lipinski definition) is 5. The van der Waals surface area contributed by atoms with Crippen molar-refractivity contribution in [2.24, 2.45) is 5.73 Å². The molecule has 32 heavy (non-hydrogen) atoms. The maximum absolute atomic E-state index is 14.4. The number of rotatable bonds is 8. The van der Waals surface area contributed by atoms with Gasteiger partial charge in [0.05, 0.1) is 11.3 Å². The summed E-state index contributed by atoms with van der Waals surface area (Å²) in [5.74, 6) is -1.34. The minimum absolute atomic E-state index is 0.0982. The van der Waals surface area contributed by atoms with Crippen LogP contribution in [0.2, 0.25) is 5.02 Å². The minimum atomic E-state index is -0.820. The first kappa shape index (κ1) is 23.3. The van der Waals surface area contributed by atoms with Crippen LogP contribution >= 0.6 is 11.6 Å². The lowest BCUT2D eigenvalue weighted by atomic mass is 10.1. The maximum atomic E-state index is 14.4. The summed E-state index contributed by atoms with van der Waals surface area (Å²) in [6, 6.07) is 7.37. The Balaban J connectivity index is 1.67. The zero-order valence-corrected chi connectivity index (χ0v) is 17.6. The summed E-state index contributed by atoms with van der Waals surface area (Å²) in [6.07, 6.45) is 2.09. The van der Waals surface area contributed by atoms with E-state index in [2.05, 4.69) is 25.9 Å². The Morgan fingerprint density at radius 2 is 1.94 bits per heavy atom. The van der Waals surface area contributed by atoms with Crippen molar-refractivity contribution in [2.45, 2.75) is 13.0 Å². The van der Waals surface area contributed by atoms with E-state index in [0.717, 1.165) is 12.5 Å². The summed E-state index contributed by atoms with van der Waals surface area (Å²) >= 11 is 5.67. The van der Waals surface area contributed by atoms with Crippen molar-refractivity contribution in [1.82, 2.24) is 15.3 Å². The highest BCUT2D eigenvalue weighted by Gasteiger charge is 2.12. The third-order valence-electron chi connectivity index (χ3n) is 4.45. The molecule has 3 aromatic rings. The second kappa shape index (κ2) is 10.8. The molecule has 8 nitrogen and oxygen atoms in total. The molecule has 11 heteroatoms. The Bertz CT molecular complexity index is 1170. The van der Waals surface area contributed by atoms with Gasteiger partial charge in [0.2, 0.25) is 5.95 Å². The summed E-state index contributed by atoms with van der Waals surface area (Å²) in [6.45, 7) is 1.57. The van der Waals surface area contributed by atoms with Crippen LogP contribution in [0.25, 0.3) is 11.1 Å². The lowest BCUT2D eigenvalue weighted by Gasteiger charge is -2.09. The van der Waals surface area contributed by atoms with Crippen LogP contribution in [0.3, 0.4) is 0 Å². The van der Waals surface area contributed by atoms with E-state index >= 15 is 0 Å². The number of hydrogen-bond acceptors (Lipinski definition) is 5. The van der Waals surface area contributed by atoms with Crippen LogP contribution in [0.15, 0.2) is 47.4 Å². The molecule has 3 rings (SSSR count). The van der Waals surface area contributed by atoms with E-state index in [9.17, 15) is 18.4 Å². The van der Waals surface area contributed by atoms with Gasteiger partial charge in [0.1, 0.15) is 11.6 Å². The molecule has 0 aliphatic heterocycles. The lowest BCUT2D eigenvalue weighted by molar-refractivity contribution is 0.262. The van der Waals surface area contributed by atoms with Crippen molar-refractivity contribution >= 4 is 29.3 Å². The predicted molar refractivity (Wildman–Crippen MR) is 120 cm³/mol. The van der Waals surface area contributed by atoms with Gasteiger partial charge in [0, 0.05) is 23.3 Å². The fraction of sp³-hybridized carbons (Fsp3) is 0.190. The molecular weight excluding hydrogens is 442 g/mol. The number of nitrogens with one attached hydrogen (secondary N) is 4. The average molecular weight is 463 g/mol. The molecule has 1 aromatic heterocycles. The van der Waals surface area contributed by atoms with E-state index in [0.29, 0.717) is 30.8 Å². The van der Waals surface area contributed by atoms with Crippen LogP contribution in [-0.4, -0.2) is 29.1 Å². The molecule has 0 saturated carbocycles. The zero-order valence-electron chi connectivity index (χ0n) is 16.8. The first-order chi connectivity index (χ1) is 15.4. The van der Waals surface area contributed by atoms with Gasteiger partial charge in [-0.15, -0.1) is 0 Å².